The smallest absolute Gasteiger partial charge is 0.118 e. The van der Waals surface area contributed by atoms with E-state index in [1.165, 1.54) is 69.7 Å². The van der Waals surface area contributed by atoms with E-state index in [-0.39, 0.29) is 0 Å². The molecule has 0 bridgehead atoms. The van der Waals surface area contributed by atoms with Gasteiger partial charge in [0.05, 0.1) is 0 Å². The topological polar surface area (TPSA) is 6.48 Å². The minimum absolute atomic E-state index is 0.718. The summed E-state index contributed by atoms with van der Waals surface area (Å²) in [5.41, 5.74) is 2.73. The lowest BCUT2D eigenvalue weighted by molar-refractivity contribution is 0.618. The Morgan fingerprint density at radius 1 is 0.857 bits per heavy atom. The Morgan fingerprint density at radius 2 is 1.32 bits per heavy atom. The molecule has 0 radical (unpaired) electrons. The minimum Gasteiger partial charge on any atom is -0.371 e. The molecule has 4 rings (SSSR count). The second-order valence-corrected chi connectivity index (χ2v) is 14.5. The van der Waals surface area contributed by atoms with Crippen molar-refractivity contribution in [2.75, 3.05) is 41.9 Å². The molecule has 28 heavy (non-hydrogen) atoms. The SMILES string of the molecule is C[Si](CCCCl)(c1cc(N2CCC2)ccc1Br)c1cc(N2CCC2)ccc1Br. The third-order valence-electron chi connectivity index (χ3n) is 6.34. The van der Waals surface area contributed by atoms with Crippen LogP contribution in [0, 0.1) is 0 Å². The quantitative estimate of drug-likeness (QED) is 0.339. The Kier molecular flexibility index (Phi) is 6.46. The van der Waals surface area contributed by atoms with Gasteiger partial charge in [-0.25, -0.2) is 0 Å². The van der Waals surface area contributed by atoms with Crippen molar-refractivity contribution in [1.29, 1.82) is 0 Å². The van der Waals surface area contributed by atoms with Crippen LogP contribution in [0.5, 0.6) is 0 Å². The summed E-state index contributed by atoms with van der Waals surface area (Å²) < 4.78 is 2.48. The summed E-state index contributed by atoms with van der Waals surface area (Å²) in [6.45, 7) is 7.22. The van der Waals surface area contributed by atoms with Crippen LogP contribution in [-0.2, 0) is 0 Å². The maximum atomic E-state index is 6.17. The van der Waals surface area contributed by atoms with Crippen molar-refractivity contribution in [3.8, 4) is 0 Å². The molecule has 2 saturated heterocycles. The van der Waals surface area contributed by atoms with Crippen molar-refractivity contribution in [3.63, 3.8) is 0 Å². The lowest BCUT2D eigenvalue weighted by atomic mass is 10.2. The van der Waals surface area contributed by atoms with Gasteiger partial charge in [-0.1, -0.05) is 38.4 Å². The van der Waals surface area contributed by atoms with Crippen molar-refractivity contribution < 1.29 is 0 Å². The van der Waals surface area contributed by atoms with Gasteiger partial charge >= 0.3 is 0 Å². The molecule has 2 aromatic carbocycles. The first-order valence-electron chi connectivity index (χ1n) is 10.2. The zero-order chi connectivity index (χ0) is 19.7. The van der Waals surface area contributed by atoms with Crippen molar-refractivity contribution in [3.05, 3.63) is 45.3 Å². The molecular weight excluding hydrogens is 516 g/mol. The van der Waals surface area contributed by atoms with E-state index in [0.717, 1.165) is 18.3 Å². The molecule has 0 aliphatic carbocycles. The van der Waals surface area contributed by atoms with Gasteiger partial charge in [-0.05, 0) is 72.1 Å². The van der Waals surface area contributed by atoms with Crippen LogP contribution in [0.1, 0.15) is 19.3 Å². The van der Waals surface area contributed by atoms with Gasteiger partial charge < -0.3 is 9.80 Å². The van der Waals surface area contributed by atoms with E-state index in [1.807, 2.05) is 0 Å². The Labute approximate surface area is 191 Å². The summed E-state index contributed by atoms with van der Waals surface area (Å²) in [7, 11) is -1.98. The van der Waals surface area contributed by atoms with Crippen molar-refractivity contribution in [2.24, 2.45) is 0 Å². The van der Waals surface area contributed by atoms with E-state index >= 15 is 0 Å². The highest BCUT2D eigenvalue weighted by Crippen LogP contribution is 2.29. The largest absolute Gasteiger partial charge is 0.371 e. The minimum atomic E-state index is -1.98. The predicted molar refractivity (Wildman–Crippen MR) is 133 cm³/mol. The second-order valence-electron chi connectivity index (χ2n) is 8.13. The molecule has 6 heteroatoms. The normalized spacial score (nSPS) is 16.7. The molecular formula is C22H27Br2ClN2Si. The van der Waals surface area contributed by atoms with E-state index in [2.05, 4.69) is 84.6 Å². The van der Waals surface area contributed by atoms with Crippen LogP contribution < -0.4 is 20.2 Å². The fraction of sp³-hybridized carbons (Fsp3) is 0.455. The number of hydrogen-bond acceptors (Lipinski definition) is 2. The summed E-state index contributed by atoms with van der Waals surface area (Å²) in [5, 5.41) is 2.98. The van der Waals surface area contributed by atoms with Crippen LogP contribution in [0.25, 0.3) is 0 Å². The highest BCUT2D eigenvalue weighted by atomic mass is 79.9. The zero-order valence-electron chi connectivity index (χ0n) is 16.4. The molecule has 0 atom stereocenters. The maximum Gasteiger partial charge on any atom is 0.118 e. The van der Waals surface area contributed by atoms with E-state index in [0.29, 0.717) is 0 Å². The van der Waals surface area contributed by atoms with Gasteiger partial charge in [0.15, 0.2) is 0 Å². The van der Waals surface area contributed by atoms with Gasteiger partial charge in [0.1, 0.15) is 8.07 Å². The molecule has 150 valence electrons. The van der Waals surface area contributed by atoms with E-state index in [4.69, 9.17) is 11.6 Å². The molecule has 0 aromatic heterocycles. The molecule has 0 saturated carbocycles. The molecule has 2 heterocycles. The first-order chi connectivity index (χ1) is 13.5. The van der Waals surface area contributed by atoms with Crippen LogP contribution in [-0.4, -0.2) is 40.1 Å². The number of rotatable bonds is 7. The van der Waals surface area contributed by atoms with E-state index < -0.39 is 8.07 Å². The lowest BCUT2D eigenvalue weighted by Crippen LogP contribution is -2.57. The van der Waals surface area contributed by atoms with Crippen LogP contribution in [0.4, 0.5) is 11.4 Å². The molecule has 0 N–H and O–H groups in total. The highest BCUT2D eigenvalue weighted by molar-refractivity contribution is 9.11. The number of anilines is 2. The summed E-state index contributed by atoms with van der Waals surface area (Å²) in [5.74, 6) is 0.718. The number of benzene rings is 2. The Hall–Kier alpha value is -0.493. The maximum absolute atomic E-state index is 6.17. The first kappa shape index (κ1) is 20.8. The monoisotopic (exact) mass is 540 g/mol. The molecule has 2 aliphatic rings. The first-order valence-corrected chi connectivity index (χ1v) is 15.0. The number of alkyl halides is 1. The predicted octanol–water partition coefficient (Wildman–Crippen LogP) is 5.45. The van der Waals surface area contributed by atoms with E-state index in [1.54, 1.807) is 0 Å². The molecule has 0 amide bonds. The van der Waals surface area contributed by atoms with Gasteiger partial charge in [0.25, 0.3) is 0 Å². The Bertz CT molecular complexity index is 789. The van der Waals surface area contributed by atoms with Crippen LogP contribution >= 0.6 is 43.5 Å². The molecule has 2 fully saturated rings. The van der Waals surface area contributed by atoms with Gasteiger partial charge in [-0.3, -0.25) is 0 Å². The summed E-state index contributed by atoms with van der Waals surface area (Å²) in [4.78, 5) is 4.97. The van der Waals surface area contributed by atoms with Gasteiger partial charge in [-0.2, -0.15) is 0 Å². The molecule has 2 aliphatic heterocycles. The third-order valence-corrected chi connectivity index (χ3v) is 13.3. The summed E-state index contributed by atoms with van der Waals surface area (Å²) >= 11 is 14.0. The lowest BCUT2D eigenvalue weighted by Gasteiger charge is -2.37. The summed E-state index contributed by atoms with van der Waals surface area (Å²) in [6.07, 6.45) is 3.65. The van der Waals surface area contributed by atoms with Gasteiger partial charge in [0, 0.05) is 52.4 Å². The van der Waals surface area contributed by atoms with Gasteiger partial charge in [-0.15, -0.1) is 11.6 Å². The van der Waals surface area contributed by atoms with Crippen LogP contribution in [0.3, 0.4) is 0 Å². The van der Waals surface area contributed by atoms with Crippen molar-refractivity contribution >= 4 is 73.3 Å². The van der Waals surface area contributed by atoms with Crippen LogP contribution in [0.15, 0.2) is 45.3 Å². The molecule has 0 unspecified atom stereocenters. The standard InChI is InChI=1S/C22H27Br2ClN2Si/c1-28(14-2-9-25,21-15-17(5-7-19(21)23)26-10-3-11-26)22-16-18(6-8-20(22)24)27-12-4-13-27/h5-8,15-16H,2-4,9-14H2,1H3. The fourth-order valence-electron chi connectivity index (χ4n) is 4.25. The molecule has 2 nitrogen and oxygen atoms in total. The Morgan fingerprint density at radius 3 is 1.68 bits per heavy atom. The average molecular weight is 543 g/mol. The number of nitrogens with zero attached hydrogens (tertiary/aromatic N) is 2. The second kappa shape index (κ2) is 8.71. The van der Waals surface area contributed by atoms with Crippen LogP contribution in [0.2, 0.25) is 12.6 Å². The van der Waals surface area contributed by atoms with Gasteiger partial charge in [0.2, 0.25) is 0 Å². The molecule has 2 aromatic rings. The van der Waals surface area contributed by atoms with Crippen molar-refractivity contribution in [2.45, 2.75) is 31.9 Å². The third kappa shape index (κ3) is 3.92. The van der Waals surface area contributed by atoms with E-state index in [9.17, 15) is 0 Å². The Balaban J connectivity index is 1.80. The summed E-state index contributed by atoms with van der Waals surface area (Å²) in [6, 6.07) is 15.1. The average Bonchev–Trinajstić information content (AvgIpc) is 2.60. The fourth-order valence-corrected chi connectivity index (χ4v) is 11.6. The number of halogens is 3. The highest BCUT2D eigenvalue weighted by Gasteiger charge is 2.36. The number of hydrogen-bond donors (Lipinski definition) is 0. The van der Waals surface area contributed by atoms with Crippen molar-refractivity contribution in [1.82, 2.24) is 0 Å². The molecule has 0 spiro atoms. The zero-order valence-corrected chi connectivity index (χ0v) is 21.3.